The number of aromatic hydroxyl groups is 2. The van der Waals surface area contributed by atoms with Gasteiger partial charge in [-0.2, -0.15) is 0 Å². The molecule has 4 rings (SSSR count). The fourth-order valence-corrected chi connectivity index (χ4v) is 5.28. The minimum Gasteiger partial charge on any atom is -0.507 e. The van der Waals surface area contributed by atoms with E-state index in [0.29, 0.717) is 27.9 Å². The molecule has 32 heavy (non-hydrogen) atoms. The van der Waals surface area contributed by atoms with Crippen molar-refractivity contribution in [1.82, 2.24) is 0 Å². The Morgan fingerprint density at radius 1 is 0.844 bits per heavy atom. The zero-order valence-corrected chi connectivity index (χ0v) is 20.2. The fraction of sp³-hybridized carbons (Fsp3) is 0.120. The molecule has 0 amide bonds. The number of hydrogen-bond donors (Lipinski definition) is 3. The molecule has 0 heterocycles. The van der Waals surface area contributed by atoms with Gasteiger partial charge in [0.05, 0.1) is 10.6 Å². The number of phenols is 2. The second kappa shape index (κ2) is 8.15. The van der Waals surface area contributed by atoms with Gasteiger partial charge in [-0.25, -0.2) is 8.42 Å². The number of fused-ring (bicyclic) bond motifs is 1. The number of anilines is 1. The molecule has 0 fully saturated rings. The molecule has 0 saturated heterocycles. The summed E-state index contributed by atoms with van der Waals surface area (Å²) in [5.74, 6) is -0.0114. The number of sulfonamides is 1. The molecule has 7 heteroatoms. The molecular formula is C25H22BrNO4S. The van der Waals surface area contributed by atoms with Crippen molar-refractivity contribution in [2.75, 3.05) is 4.72 Å². The van der Waals surface area contributed by atoms with Gasteiger partial charge in [0.1, 0.15) is 11.5 Å². The molecule has 0 saturated carbocycles. The van der Waals surface area contributed by atoms with Crippen LogP contribution in [0.5, 0.6) is 11.5 Å². The van der Waals surface area contributed by atoms with Crippen LogP contribution >= 0.6 is 15.9 Å². The largest absolute Gasteiger partial charge is 0.507 e. The van der Waals surface area contributed by atoms with Crippen LogP contribution in [-0.2, 0) is 10.0 Å². The molecule has 0 radical (unpaired) electrons. The van der Waals surface area contributed by atoms with Crippen molar-refractivity contribution < 1.29 is 18.6 Å². The van der Waals surface area contributed by atoms with Crippen LogP contribution in [0.2, 0.25) is 0 Å². The number of nitrogens with one attached hydrogen (secondary N) is 1. The maximum absolute atomic E-state index is 13.0. The van der Waals surface area contributed by atoms with E-state index in [1.54, 1.807) is 56.3 Å². The Bertz CT molecular complexity index is 1460. The second-order valence-corrected chi connectivity index (χ2v) is 10.4. The highest BCUT2D eigenvalue weighted by Gasteiger charge is 2.23. The van der Waals surface area contributed by atoms with Crippen molar-refractivity contribution in [1.29, 1.82) is 0 Å². The normalized spacial score (nSPS) is 11.6. The van der Waals surface area contributed by atoms with Crippen LogP contribution in [0.1, 0.15) is 16.7 Å². The molecular weight excluding hydrogens is 490 g/mol. The standard InChI is InChI=1S/C25H22BrNO4S/c1-14-4-8-19(9-5-14)32(30,31)27-21-12-15(2)25(29)23(16(21)3)24-20-10-7-18(26)13-17(20)6-11-22(24)28/h4-13,27-29H,1-3H3. The minimum atomic E-state index is -3.84. The molecule has 4 aromatic carbocycles. The lowest BCUT2D eigenvalue weighted by molar-refractivity contribution is 0.467. The van der Waals surface area contributed by atoms with E-state index < -0.39 is 10.0 Å². The molecule has 0 aliphatic heterocycles. The number of rotatable bonds is 4. The highest BCUT2D eigenvalue weighted by molar-refractivity contribution is 9.10. The number of hydrogen-bond acceptors (Lipinski definition) is 4. The van der Waals surface area contributed by atoms with E-state index in [4.69, 9.17) is 0 Å². The smallest absolute Gasteiger partial charge is 0.261 e. The van der Waals surface area contributed by atoms with Crippen molar-refractivity contribution in [3.8, 4) is 22.6 Å². The van der Waals surface area contributed by atoms with Crippen molar-refractivity contribution in [2.24, 2.45) is 0 Å². The molecule has 0 aliphatic carbocycles. The third-order valence-corrected chi connectivity index (χ3v) is 7.41. The van der Waals surface area contributed by atoms with Gasteiger partial charge in [-0.1, -0.05) is 45.8 Å². The number of halogens is 1. The maximum atomic E-state index is 13.0. The van der Waals surface area contributed by atoms with E-state index in [0.717, 1.165) is 20.8 Å². The summed E-state index contributed by atoms with van der Waals surface area (Å²) >= 11 is 3.45. The Hall–Kier alpha value is -3.03. The van der Waals surface area contributed by atoms with Crippen molar-refractivity contribution in [3.05, 3.63) is 81.8 Å². The highest BCUT2D eigenvalue weighted by Crippen LogP contribution is 2.46. The molecule has 0 aliphatic rings. The lowest BCUT2D eigenvalue weighted by Crippen LogP contribution is -2.14. The maximum Gasteiger partial charge on any atom is 0.261 e. The second-order valence-electron chi connectivity index (χ2n) is 7.83. The van der Waals surface area contributed by atoms with Gasteiger partial charge in [0.25, 0.3) is 10.0 Å². The number of phenolic OH excluding ortho intramolecular Hbond substituents is 2. The summed E-state index contributed by atoms with van der Waals surface area (Å²) in [6.45, 7) is 5.30. The van der Waals surface area contributed by atoms with E-state index >= 15 is 0 Å². The van der Waals surface area contributed by atoms with E-state index in [-0.39, 0.29) is 16.4 Å². The predicted molar refractivity (Wildman–Crippen MR) is 132 cm³/mol. The summed E-state index contributed by atoms with van der Waals surface area (Å²) in [5.41, 5.74) is 3.13. The van der Waals surface area contributed by atoms with Crippen LogP contribution in [0.15, 0.2) is 70.0 Å². The van der Waals surface area contributed by atoms with Crippen LogP contribution in [-0.4, -0.2) is 18.6 Å². The average Bonchev–Trinajstić information content (AvgIpc) is 2.74. The molecule has 0 unspecified atom stereocenters. The monoisotopic (exact) mass is 511 g/mol. The Morgan fingerprint density at radius 3 is 2.22 bits per heavy atom. The van der Waals surface area contributed by atoms with E-state index in [9.17, 15) is 18.6 Å². The first-order valence-corrected chi connectivity index (χ1v) is 12.2. The summed E-state index contributed by atoms with van der Waals surface area (Å²) in [5, 5.41) is 23.3. The van der Waals surface area contributed by atoms with Crippen LogP contribution < -0.4 is 4.72 Å². The van der Waals surface area contributed by atoms with Crippen LogP contribution in [0.25, 0.3) is 21.9 Å². The van der Waals surface area contributed by atoms with Crippen LogP contribution in [0.4, 0.5) is 5.69 Å². The van der Waals surface area contributed by atoms with Crippen molar-refractivity contribution >= 4 is 42.4 Å². The lowest BCUT2D eigenvalue weighted by Gasteiger charge is -2.19. The topological polar surface area (TPSA) is 86.6 Å². The van der Waals surface area contributed by atoms with E-state index in [1.165, 1.54) is 0 Å². The Labute approximate surface area is 195 Å². The minimum absolute atomic E-state index is 0.00355. The van der Waals surface area contributed by atoms with Gasteiger partial charge in [0.2, 0.25) is 0 Å². The molecule has 4 aromatic rings. The van der Waals surface area contributed by atoms with Crippen LogP contribution in [0, 0.1) is 20.8 Å². The quantitative estimate of drug-likeness (QED) is 0.276. The number of benzene rings is 4. The molecule has 0 atom stereocenters. The molecule has 3 N–H and O–H groups in total. The molecule has 0 bridgehead atoms. The van der Waals surface area contributed by atoms with Gasteiger partial charge in [0.15, 0.2) is 0 Å². The first kappa shape index (κ1) is 22.2. The summed E-state index contributed by atoms with van der Waals surface area (Å²) < 4.78 is 29.5. The molecule has 0 aromatic heterocycles. The fourth-order valence-electron chi connectivity index (χ4n) is 3.79. The number of aryl methyl sites for hydroxylation is 2. The molecule has 164 valence electrons. The lowest BCUT2D eigenvalue weighted by atomic mass is 9.91. The summed E-state index contributed by atoms with van der Waals surface area (Å²) in [6, 6.07) is 17.2. The van der Waals surface area contributed by atoms with Gasteiger partial charge in [-0.15, -0.1) is 0 Å². The Balaban J connectivity index is 1.93. The van der Waals surface area contributed by atoms with Gasteiger partial charge in [-0.3, -0.25) is 4.72 Å². The van der Waals surface area contributed by atoms with Gasteiger partial charge in [-0.05, 0) is 79.1 Å². The van der Waals surface area contributed by atoms with Crippen molar-refractivity contribution in [3.63, 3.8) is 0 Å². The zero-order valence-electron chi connectivity index (χ0n) is 17.8. The van der Waals surface area contributed by atoms with Gasteiger partial charge >= 0.3 is 0 Å². The SMILES string of the molecule is Cc1ccc(S(=O)(=O)Nc2cc(C)c(O)c(-c3c(O)ccc4cc(Br)ccc34)c2C)cc1. The van der Waals surface area contributed by atoms with Crippen molar-refractivity contribution in [2.45, 2.75) is 25.7 Å². The van der Waals surface area contributed by atoms with Crippen LogP contribution in [0.3, 0.4) is 0 Å². The Morgan fingerprint density at radius 2 is 1.53 bits per heavy atom. The van der Waals surface area contributed by atoms with E-state index in [2.05, 4.69) is 20.7 Å². The van der Waals surface area contributed by atoms with Gasteiger partial charge < -0.3 is 10.2 Å². The average molecular weight is 512 g/mol. The van der Waals surface area contributed by atoms with Gasteiger partial charge in [0, 0.05) is 15.6 Å². The summed E-state index contributed by atoms with van der Waals surface area (Å²) in [6.07, 6.45) is 0. The van der Waals surface area contributed by atoms with E-state index in [1.807, 2.05) is 25.1 Å². The molecule has 0 spiro atoms. The molecule has 5 nitrogen and oxygen atoms in total. The first-order chi connectivity index (χ1) is 15.1. The third kappa shape index (κ3) is 3.94. The highest BCUT2D eigenvalue weighted by atomic mass is 79.9. The summed E-state index contributed by atoms with van der Waals surface area (Å²) in [7, 11) is -3.84. The zero-order chi connectivity index (χ0) is 23.2. The Kier molecular flexibility index (Phi) is 5.65. The predicted octanol–water partition coefficient (Wildman–Crippen LogP) is 6.41. The third-order valence-electron chi connectivity index (χ3n) is 5.54. The summed E-state index contributed by atoms with van der Waals surface area (Å²) in [4.78, 5) is 0.146. The first-order valence-electron chi connectivity index (χ1n) is 9.93.